The average Bonchev–Trinajstić information content (AvgIpc) is 2.53. The second kappa shape index (κ2) is 5.70. The van der Waals surface area contributed by atoms with Crippen LogP contribution in [0.3, 0.4) is 0 Å². The first kappa shape index (κ1) is 16.3. The van der Waals surface area contributed by atoms with E-state index in [2.05, 4.69) is 0 Å². The number of carboxylic acids is 1. The maximum Gasteiger partial charge on any atom is 0.321 e. The number of sulfonamides is 1. The predicted octanol–water partition coefficient (Wildman–Crippen LogP) is 1.45. The number of alkyl halides is 2. The fourth-order valence-electron chi connectivity index (χ4n) is 2.18. The molecule has 1 fully saturated rings. The lowest BCUT2D eigenvalue weighted by molar-refractivity contribution is -0.140. The molecule has 0 aliphatic heterocycles. The molecule has 1 unspecified atom stereocenters. The third kappa shape index (κ3) is 4.38. The second-order valence-electron chi connectivity index (χ2n) is 5.31. The van der Waals surface area contributed by atoms with Crippen molar-refractivity contribution in [3.63, 3.8) is 0 Å². The van der Waals surface area contributed by atoms with E-state index in [1.165, 1.54) is 0 Å². The van der Waals surface area contributed by atoms with Crippen molar-refractivity contribution in [1.29, 1.82) is 0 Å². The molecule has 0 spiro atoms. The van der Waals surface area contributed by atoms with Gasteiger partial charge in [-0.15, -0.1) is 0 Å². The Morgan fingerprint density at radius 3 is 2.42 bits per heavy atom. The van der Waals surface area contributed by atoms with E-state index in [1.54, 1.807) is 13.8 Å². The Labute approximate surface area is 111 Å². The normalized spacial score (nSPS) is 24.6. The molecule has 2 atom stereocenters. The molecule has 0 saturated heterocycles. The van der Waals surface area contributed by atoms with Crippen molar-refractivity contribution < 1.29 is 27.1 Å². The summed E-state index contributed by atoms with van der Waals surface area (Å²) in [5, 5.41) is 8.90. The van der Waals surface area contributed by atoms with E-state index in [0.717, 1.165) is 0 Å². The molecule has 0 bridgehead atoms. The van der Waals surface area contributed by atoms with Crippen LogP contribution in [0, 0.1) is 11.8 Å². The number of hydrogen-bond donors (Lipinski definition) is 2. The molecular weight excluding hydrogens is 280 g/mol. The van der Waals surface area contributed by atoms with Crippen LogP contribution in [0.15, 0.2) is 0 Å². The molecule has 0 amide bonds. The first-order valence-electron chi connectivity index (χ1n) is 6.16. The molecule has 0 aromatic carbocycles. The fourth-order valence-corrected chi connectivity index (χ4v) is 3.98. The highest BCUT2D eigenvalue weighted by atomic mass is 32.2. The molecule has 8 heteroatoms. The lowest BCUT2D eigenvalue weighted by Gasteiger charge is -2.22. The minimum Gasteiger partial charge on any atom is -0.480 e. The fraction of sp³-hybridized carbons (Fsp3) is 0.909. The quantitative estimate of drug-likeness (QED) is 0.777. The van der Waals surface area contributed by atoms with Gasteiger partial charge in [-0.2, -0.15) is 0 Å². The van der Waals surface area contributed by atoms with E-state index in [0.29, 0.717) is 6.42 Å². The summed E-state index contributed by atoms with van der Waals surface area (Å²) in [6, 6.07) is -1.29. The van der Waals surface area contributed by atoms with Crippen LogP contribution in [0.2, 0.25) is 0 Å². The van der Waals surface area contributed by atoms with Crippen molar-refractivity contribution in [1.82, 2.24) is 4.72 Å². The number of nitrogens with one attached hydrogen (secondary N) is 1. The summed E-state index contributed by atoms with van der Waals surface area (Å²) >= 11 is 0. The zero-order chi connectivity index (χ0) is 14.8. The molecule has 1 aliphatic rings. The van der Waals surface area contributed by atoms with E-state index >= 15 is 0 Å². The maximum atomic E-state index is 13.4. The van der Waals surface area contributed by atoms with E-state index in [4.69, 9.17) is 5.11 Å². The summed E-state index contributed by atoms with van der Waals surface area (Å²) in [6.07, 6.45) is 0.132. The summed E-state index contributed by atoms with van der Waals surface area (Å²) < 4.78 is 52.3. The molecule has 1 rings (SSSR count). The van der Waals surface area contributed by atoms with Gasteiger partial charge in [0.15, 0.2) is 0 Å². The van der Waals surface area contributed by atoms with Crippen LogP contribution in [-0.2, 0) is 14.8 Å². The van der Waals surface area contributed by atoms with Gasteiger partial charge in [-0.1, -0.05) is 13.8 Å². The highest BCUT2D eigenvalue weighted by Crippen LogP contribution is 2.40. The average molecular weight is 299 g/mol. The van der Waals surface area contributed by atoms with Gasteiger partial charge in [-0.3, -0.25) is 4.79 Å². The minimum atomic E-state index is -4.04. The molecule has 1 aliphatic carbocycles. The summed E-state index contributed by atoms with van der Waals surface area (Å²) in [4.78, 5) is 10.9. The molecule has 0 aromatic heterocycles. The van der Waals surface area contributed by atoms with Gasteiger partial charge in [0.25, 0.3) is 5.92 Å². The van der Waals surface area contributed by atoms with Crippen LogP contribution in [0.4, 0.5) is 8.78 Å². The van der Waals surface area contributed by atoms with Crippen LogP contribution in [0.1, 0.15) is 33.1 Å². The van der Waals surface area contributed by atoms with Gasteiger partial charge in [0.05, 0.1) is 5.75 Å². The highest BCUT2D eigenvalue weighted by molar-refractivity contribution is 7.89. The number of halogens is 2. The number of carboxylic acid groups (broad SMARTS) is 1. The van der Waals surface area contributed by atoms with E-state index in [1.807, 2.05) is 4.72 Å². The van der Waals surface area contributed by atoms with Gasteiger partial charge in [-0.05, 0) is 18.8 Å². The van der Waals surface area contributed by atoms with Crippen molar-refractivity contribution in [2.75, 3.05) is 5.75 Å². The van der Waals surface area contributed by atoms with E-state index in [9.17, 15) is 22.0 Å². The Kier molecular flexibility index (Phi) is 4.89. The van der Waals surface area contributed by atoms with Crippen LogP contribution >= 0.6 is 0 Å². The smallest absolute Gasteiger partial charge is 0.321 e. The van der Waals surface area contributed by atoms with E-state index < -0.39 is 45.5 Å². The Morgan fingerprint density at radius 1 is 1.47 bits per heavy atom. The summed E-state index contributed by atoms with van der Waals surface area (Å²) in [7, 11) is -4.04. The molecule has 112 valence electrons. The van der Waals surface area contributed by atoms with Crippen LogP contribution in [0.5, 0.6) is 0 Å². The first-order chi connectivity index (χ1) is 8.55. The second-order valence-corrected chi connectivity index (χ2v) is 7.11. The Bertz CT molecular complexity index is 436. The van der Waals surface area contributed by atoms with Crippen LogP contribution < -0.4 is 4.72 Å². The highest BCUT2D eigenvalue weighted by Gasteiger charge is 2.46. The monoisotopic (exact) mass is 299 g/mol. The number of rotatable bonds is 6. The van der Waals surface area contributed by atoms with Crippen molar-refractivity contribution in [2.24, 2.45) is 11.8 Å². The molecule has 1 saturated carbocycles. The van der Waals surface area contributed by atoms with Crippen LogP contribution in [0.25, 0.3) is 0 Å². The van der Waals surface area contributed by atoms with E-state index in [-0.39, 0.29) is 12.8 Å². The molecule has 2 N–H and O–H groups in total. The summed E-state index contributed by atoms with van der Waals surface area (Å²) in [5.74, 6) is -6.71. The number of carbonyl (C=O) groups is 1. The maximum absolute atomic E-state index is 13.4. The van der Waals surface area contributed by atoms with Crippen molar-refractivity contribution >= 4 is 16.0 Å². The van der Waals surface area contributed by atoms with Crippen molar-refractivity contribution in [3.8, 4) is 0 Å². The van der Waals surface area contributed by atoms with Gasteiger partial charge in [0, 0.05) is 12.3 Å². The minimum absolute atomic E-state index is 0.146. The third-order valence-electron chi connectivity index (χ3n) is 3.32. The van der Waals surface area contributed by atoms with Crippen LogP contribution in [-0.4, -0.2) is 37.2 Å². The Balaban J connectivity index is 2.74. The number of hydrogen-bond acceptors (Lipinski definition) is 3. The van der Waals surface area contributed by atoms with Gasteiger partial charge in [-0.25, -0.2) is 21.9 Å². The van der Waals surface area contributed by atoms with Gasteiger partial charge >= 0.3 is 5.97 Å². The standard InChI is InChI=1S/C11H19F2NO4S/c1-7(2)9(10(15)16)14-19(17,18)6-8-4-3-5-11(8,12)13/h7-9,14H,3-6H2,1-2H3,(H,15,16)/t8?,9-/m0/s1. The molecule has 5 nitrogen and oxygen atoms in total. The zero-order valence-electron chi connectivity index (χ0n) is 10.9. The van der Waals surface area contributed by atoms with Crippen molar-refractivity contribution in [2.45, 2.75) is 45.1 Å². The largest absolute Gasteiger partial charge is 0.480 e. The molecule has 0 radical (unpaired) electrons. The van der Waals surface area contributed by atoms with Crippen molar-refractivity contribution in [3.05, 3.63) is 0 Å². The SMILES string of the molecule is CC(C)[C@H](NS(=O)(=O)CC1CCCC1(F)F)C(=O)O. The Morgan fingerprint density at radius 2 is 2.05 bits per heavy atom. The summed E-state index contributed by atoms with van der Waals surface area (Å²) in [6.45, 7) is 3.09. The molecule has 19 heavy (non-hydrogen) atoms. The lowest BCUT2D eigenvalue weighted by atomic mass is 10.1. The molecule has 0 aromatic rings. The van der Waals surface area contributed by atoms with Gasteiger partial charge < -0.3 is 5.11 Å². The van der Waals surface area contributed by atoms with Gasteiger partial charge in [0.1, 0.15) is 6.04 Å². The lowest BCUT2D eigenvalue weighted by Crippen LogP contribution is -2.46. The zero-order valence-corrected chi connectivity index (χ0v) is 11.7. The third-order valence-corrected chi connectivity index (χ3v) is 4.77. The topological polar surface area (TPSA) is 83.5 Å². The summed E-state index contributed by atoms with van der Waals surface area (Å²) in [5.41, 5.74) is 0. The molecule has 0 heterocycles. The Hall–Kier alpha value is -0.760. The van der Waals surface area contributed by atoms with Gasteiger partial charge in [0.2, 0.25) is 10.0 Å². The molecular formula is C11H19F2NO4S. The first-order valence-corrected chi connectivity index (χ1v) is 7.81. The number of aliphatic carboxylic acids is 1. The predicted molar refractivity (Wildman–Crippen MR) is 65.5 cm³/mol.